The molecular weight excluding hydrogens is 388 g/mol. The van der Waals surface area contributed by atoms with Crippen LogP contribution in [0.2, 0.25) is 0 Å². The number of hydrogen-bond donors (Lipinski definition) is 0. The van der Waals surface area contributed by atoms with Gasteiger partial charge in [0.2, 0.25) is 5.88 Å². The number of anilines is 1. The third-order valence-corrected chi connectivity index (χ3v) is 6.48. The molecule has 2 fully saturated rings. The summed E-state index contributed by atoms with van der Waals surface area (Å²) in [6.45, 7) is 11.8. The van der Waals surface area contributed by atoms with Gasteiger partial charge in [-0.25, -0.2) is 4.98 Å². The lowest BCUT2D eigenvalue weighted by Gasteiger charge is -2.29. The minimum absolute atomic E-state index is 0.659. The number of nitrogens with zero attached hydrogens (tertiary/aromatic N) is 4. The first-order valence-corrected chi connectivity index (χ1v) is 11.6. The molecule has 0 atom stereocenters. The van der Waals surface area contributed by atoms with Gasteiger partial charge in [-0.05, 0) is 82.7 Å². The molecule has 2 aliphatic rings. The van der Waals surface area contributed by atoms with Gasteiger partial charge in [-0.1, -0.05) is 6.07 Å². The van der Waals surface area contributed by atoms with Gasteiger partial charge >= 0.3 is 0 Å². The summed E-state index contributed by atoms with van der Waals surface area (Å²) in [4.78, 5) is 14.9. The Morgan fingerprint density at radius 3 is 2.42 bits per heavy atom. The monoisotopic (exact) mass is 424 g/mol. The highest BCUT2D eigenvalue weighted by molar-refractivity contribution is 5.72. The van der Waals surface area contributed by atoms with E-state index in [1.807, 2.05) is 6.07 Å². The molecule has 0 N–H and O–H groups in total. The van der Waals surface area contributed by atoms with Crippen LogP contribution >= 0.6 is 0 Å². The molecule has 1 aliphatic heterocycles. The van der Waals surface area contributed by atoms with Crippen LogP contribution in [0.15, 0.2) is 12.1 Å². The molecule has 0 spiro atoms. The molecular formula is C25H36N4O2. The highest BCUT2D eigenvalue weighted by atomic mass is 16.5. The van der Waals surface area contributed by atoms with E-state index in [4.69, 9.17) is 19.4 Å². The van der Waals surface area contributed by atoms with E-state index in [1.54, 1.807) is 14.2 Å². The number of hydrogen-bond acceptors (Lipinski definition) is 6. The van der Waals surface area contributed by atoms with E-state index in [0.29, 0.717) is 11.7 Å². The van der Waals surface area contributed by atoms with Crippen LogP contribution in [0.4, 0.5) is 5.69 Å². The predicted molar refractivity (Wildman–Crippen MR) is 125 cm³/mol. The Balaban J connectivity index is 1.69. The van der Waals surface area contributed by atoms with Crippen molar-refractivity contribution in [3.8, 4) is 23.0 Å². The molecule has 1 aromatic heterocycles. The maximum absolute atomic E-state index is 5.83. The second kappa shape index (κ2) is 9.43. The Labute approximate surface area is 186 Å². The maximum atomic E-state index is 5.83. The van der Waals surface area contributed by atoms with Crippen LogP contribution in [0, 0.1) is 26.7 Å². The lowest BCUT2D eigenvalue weighted by molar-refractivity contribution is 0.342. The minimum Gasteiger partial charge on any atom is -0.496 e. The zero-order chi connectivity index (χ0) is 22.0. The fourth-order valence-electron chi connectivity index (χ4n) is 4.71. The predicted octanol–water partition coefficient (Wildman–Crippen LogP) is 4.40. The zero-order valence-corrected chi connectivity index (χ0v) is 19.7. The van der Waals surface area contributed by atoms with Crippen LogP contribution in [-0.2, 0) is 0 Å². The van der Waals surface area contributed by atoms with Crippen LogP contribution in [-0.4, -0.2) is 61.8 Å². The second-order valence-corrected chi connectivity index (χ2v) is 9.09. The largest absolute Gasteiger partial charge is 0.496 e. The number of ether oxygens (including phenoxy) is 2. The van der Waals surface area contributed by atoms with E-state index in [1.165, 1.54) is 38.8 Å². The van der Waals surface area contributed by atoms with Gasteiger partial charge in [-0.3, -0.25) is 0 Å². The van der Waals surface area contributed by atoms with Crippen molar-refractivity contribution in [2.75, 3.05) is 51.8 Å². The van der Waals surface area contributed by atoms with Crippen LogP contribution in [0.1, 0.15) is 42.5 Å². The van der Waals surface area contributed by atoms with Gasteiger partial charge in [0, 0.05) is 19.6 Å². The first-order chi connectivity index (χ1) is 15.0. The van der Waals surface area contributed by atoms with Gasteiger partial charge in [0.25, 0.3) is 0 Å². The van der Waals surface area contributed by atoms with Crippen molar-refractivity contribution >= 4 is 5.69 Å². The summed E-state index contributed by atoms with van der Waals surface area (Å²) < 4.78 is 11.5. The van der Waals surface area contributed by atoms with E-state index in [-0.39, 0.29) is 0 Å². The Kier molecular flexibility index (Phi) is 6.65. The van der Waals surface area contributed by atoms with Crippen molar-refractivity contribution in [1.82, 2.24) is 14.9 Å². The molecule has 168 valence electrons. The van der Waals surface area contributed by atoms with Crippen LogP contribution in [0.5, 0.6) is 11.6 Å². The molecule has 0 amide bonds. The SMILES string of the molecule is COc1cc(C)cc(C)c1-c1nc(C)c(N(CCN2CCCC2)CC2CC2)c(OC)n1. The molecule has 6 heteroatoms. The average molecular weight is 425 g/mol. The van der Waals surface area contributed by atoms with Gasteiger partial charge in [0.15, 0.2) is 5.82 Å². The summed E-state index contributed by atoms with van der Waals surface area (Å²) >= 11 is 0. The highest BCUT2D eigenvalue weighted by Crippen LogP contribution is 2.39. The first-order valence-electron chi connectivity index (χ1n) is 11.6. The third kappa shape index (κ3) is 4.95. The molecule has 1 aliphatic carbocycles. The molecule has 1 aromatic carbocycles. The molecule has 4 rings (SSSR count). The van der Waals surface area contributed by atoms with Gasteiger partial charge in [0.1, 0.15) is 11.4 Å². The molecule has 1 saturated carbocycles. The lowest BCUT2D eigenvalue weighted by atomic mass is 10.0. The summed E-state index contributed by atoms with van der Waals surface area (Å²) in [5, 5.41) is 0. The number of aryl methyl sites for hydroxylation is 3. The van der Waals surface area contributed by atoms with Crippen molar-refractivity contribution < 1.29 is 9.47 Å². The highest BCUT2D eigenvalue weighted by Gasteiger charge is 2.29. The molecule has 0 bridgehead atoms. The van der Waals surface area contributed by atoms with E-state index in [9.17, 15) is 0 Å². The summed E-state index contributed by atoms with van der Waals surface area (Å²) in [5.41, 5.74) is 5.21. The number of aromatic nitrogens is 2. The number of rotatable bonds is 9. The van der Waals surface area contributed by atoms with Crippen LogP contribution in [0.3, 0.4) is 0 Å². The van der Waals surface area contributed by atoms with Crippen molar-refractivity contribution in [3.05, 3.63) is 29.0 Å². The molecule has 2 heterocycles. The summed E-state index contributed by atoms with van der Waals surface area (Å²) in [6, 6.07) is 4.18. The van der Waals surface area contributed by atoms with E-state index in [2.05, 4.69) is 36.6 Å². The van der Waals surface area contributed by atoms with Crippen molar-refractivity contribution in [3.63, 3.8) is 0 Å². The van der Waals surface area contributed by atoms with E-state index in [0.717, 1.165) is 59.4 Å². The van der Waals surface area contributed by atoms with Crippen molar-refractivity contribution in [1.29, 1.82) is 0 Å². The smallest absolute Gasteiger partial charge is 0.241 e. The molecule has 1 saturated heterocycles. The standard InChI is InChI=1S/C25H36N4O2/c1-17-14-18(2)22(21(15-17)30-4)24-26-19(3)23(25(27-24)31-5)29(16-20-8-9-20)13-12-28-10-6-7-11-28/h14-15,20H,6-13,16H2,1-5H3. The molecule has 0 radical (unpaired) electrons. The van der Waals surface area contributed by atoms with Gasteiger partial charge < -0.3 is 19.3 Å². The van der Waals surface area contributed by atoms with Gasteiger partial charge in [-0.2, -0.15) is 4.98 Å². The third-order valence-electron chi connectivity index (χ3n) is 6.48. The first kappa shape index (κ1) is 21.9. The minimum atomic E-state index is 0.659. The van der Waals surface area contributed by atoms with Crippen molar-refractivity contribution in [2.24, 2.45) is 5.92 Å². The summed E-state index contributed by atoms with van der Waals surface area (Å²) in [5.74, 6) is 2.90. The fourth-order valence-corrected chi connectivity index (χ4v) is 4.71. The fraction of sp³-hybridized carbons (Fsp3) is 0.600. The van der Waals surface area contributed by atoms with Crippen molar-refractivity contribution in [2.45, 2.75) is 46.5 Å². The van der Waals surface area contributed by atoms with Gasteiger partial charge in [-0.15, -0.1) is 0 Å². The normalized spacial score (nSPS) is 16.5. The second-order valence-electron chi connectivity index (χ2n) is 9.09. The maximum Gasteiger partial charge on any atom is 0.241 e. The Morgan fingerprint density at radius 2 is 1.77 bits per heavy atom. The molecule has 2 aromatic rings. The van der Waals surface area contributed by atoms with Crippen LogP contribution < -0.4 is 14.4 Å². The Hall–Kier alpha value is -2.34. The summed E-state index contributed by atoms with van der Waals surface area (Å²) in [7, 11) is 3.41. The Bertz CT molecular complexity index is 920. The van der Waals surface area contributed by atoms with Crippen LogP contribution in [0.25, 0.3) is 11.4 Å². The quantitative estimate of drug-likeness (QED) is 0.595. The summed E-state index contributed by atoms with van der Waals surface area (Å²) in [6.07, 6.45) is 5.28. The molecule has 31 heavy (non-hydrogen) atoms. The van der Waals surface area contributed by atoms with Gasteiger partial charge in [0.05, 0.1) is 25.5 Å². The number of likely N-dealkylation sites (tertiary alicyclic amines) is 1. The zero-order valence-electron chi connectivity index (χ0n) is 19.7. The topological polar surface area (TPSA) is 50.7 Å². The number of benzene rings is 1. The molecule has 6 nitrogen and oxygen atoms in total. The Morgan fingerprint density at radius 1 is 1.03 bits per heavy atom. The average Bonchev–Trinajstić information content (AvgIpc) is 3.41. The lowest BCUT2D eigenvalue weighted by Crippen LogP contribution is -2.36. The molecule has 0 unspecified atom stereocenters. The van der Waals surface area contributed by atoms with E-state index < -0.39 is 0 Å². The number of methoxy groups -OCH3 is 2. The van der Waals surface area contributed by atoms with E-state index >= 15 is 0 Å².